The number of likely N-dealkylation sites (tertiary alicyclic amines) is 1. The lowest BCUT2D eigenvalue weighted by Crippen LogP contribution is -2.68. The first kappa shape index (κ1) is 15.0. The van der Waals surface area contributed by atoms with E-state index in [9.17, 15) is 0 Å². The third-order valence-electron chi connectivity index (χ3n) is 7.19. The Morgan fingerprint density at radius 3 is 3.04 bits per heavy atom. The van der Waals surface area contributed by atoms with Gasteiger partial charge >= 0.3 is 0 Å². The molecule has 1 saturated carbocycles. The Morgan fingerprint density at radius 2 is 2.25 bits per heavy atom. The second-order valence-corrected chi connectivity index (χ2v) is 8.12. The first-order chi connectivity index (χ1) is 11.7. The van der Waals surface area contributed by atoms with E-state index in [0.717, 1.165) is 24.3 Å². The van der Waals surface area contributed by atoms with E-state index in [1.807, 2.05) is 0 Å². The van der Waals surface area contributed by atoms with Crippen LogP contribution in [-0.4, -0.2) is 43.3 Å². The molecule has 0 aromatic heterocycles. The highest BCUT2D eigenvalue weighted by Crippen LogP contribution is 2.63. The Morgan fingerprint density at radius 1 is 1.38 bits per heavy atom. The smallest absolute Gasteiger partial charge is 0.165 e. The molecule has 5 rings (SSSR count). The maximum absolute atomic E-state index is 6.57. The van der Waals surface area contributed by atoms with E-state index in [1.54, 1.807) is 7.11 Å². The normalized spacial score (nSPS) is 39.3. The largest absolute Gasteiger partial charge is 0.493 e. The molecule has 2 aliphatic heterocycles. The van der Waals surface area contributed by atoms with Crippen LogP contribution in [0.15, 0.2) is 12.1 Å². The maximum Gasteiger partial charge on any atom is 0.165 e. The predicted octanol–water partition coefficient (Wildman–Crippen LogP) is 2.47. The van der Waals surface area contributed by atoms with Crippen LogP contribution in [0.25, 0.3) is 0 Å². The molecule has 24 heavy (non-hydrogen) atoms. The SMILES string of the molecule is CCCN1CC[C@]23c4c5ccc(OC)c4O[C@H]2[C@H](N)CC[C@H]3[C@H]1C5. The van der Waals surface area contributed by atoms with Crippen molar-refractivity contribution >= 4 is 0 Å². The molecular weight excluding hydrogens is 300 g/mol. The zero-order valence-electron chi connectivity index (χ0n) is 14.8. The van der Waals surface area contributed by atoms with Gasteiger partial charge in [0.25, 0.3) is 0 Å². The lowest BCUT2D eigenvalue weighted by molar-refractivity contribution is -0.0591. The summed E-state index contributed by atoms with van der Waals surface area (Å²) in [5.74, 6) is 2.58. The van der Waals surface area contributed by atoms with Crippen molar-refractivity contribution in [3.05, 3.63) is 23.3 Å². The van der Waals surface area contributed by atoms with Gasteiger partial charge in [0.05, 0.1) is 7.11 Å². The van der Waals surface area contributed by atoms with Gasteiger partial charge in [0, 0.05) is 23.1 Å². The molecule has 0 amide bonds. The first-order valence-electron chi connectivity index (χ1n) is 9.57. The fourth-order valence-electron chi connectivity index (χ4n) is 6.38. The molecule has 1 spiro atoms. The van der Waals surface area contributed by atoms with Gasteiger partial charge in [-0.25, -0.2) is 0 Å². The first-order valence-corrected chi connectivity index (χ1v) is 9.57. The number of benzene rings is 1. The average Bonchev–Trinajstić information content (AvgIpc) is 2.94. The minimum atomic E-state index is 0.129. The van der Waals surface area contributed by atoms with E-state index in [0.29, 0.717) is 12.0 Å². The number of ether oxygens (including phenoxy) is 2. The summed E-state index contributed by atoms with van der Waals surface area (Å²) in [6, 6.07) is 5.17. The quantitative estimate of drug-likeness (QED) is 0.926. The Kier molecular flexibility index (Phi) is 3.21. The third-order valence-corrected chi connectivity index (χ3v) is 7.19. The van der Waals surface area contributed by atoms with E-state index in [-0.39, 0.29) is 17.6 Å². The summed E-state index contributed by atoms with van der Waals surface area (Å²) in [4.78, 5) is 2.75. The monoisotopic (exact) mass is 328 g/mol. The fraction of sp³-hybridized carbons (Fsp3) is 0.700. The van der Waals surface area contributed by atoms with E-state index in [4.69, 9.17) is 15.2 Å². The molecule has 0 unspecified atom stereocenters. The number of hydrogen-bond donors (Lipinski definition) is 1. The van der Waals surface area contributed by atoms with Crippen LogP contribution in [0.5, 0.6) is 11.5 Å². The van der Waals surface area contributed by atoms with Crippen LogP contribution in [0.4, 0.5) is 0 Å². The van der Waals surface area contributed by atoms with Crippen LogP contribution in [-0.2, 0) is 11.8 Å². The minimum Gasteiger partial charge on any atom is -0.493 e. The molecule has 2 bridgehead atoms. The predicted molar refractivity (Wildman–Crippen MR) is 93.8 cm³/mol. The summed E-state index contributed by atoms with van der Waals surface area (Å²) in [6.07, 6.45) is 6.02. The number of methoxy groups -OCH3 is 1. The van der Waals surface area contributed by atoms with Crippen molar-refractivity contribution in [3.63, 3.8) is 0 Å². The number of nitrogens with zero attached hydrogens (tertiary/aromatic N) is 1. The molecule has 1 aromatic carbocycles. The second-order valence-electron chi connectivity index (χ2n) is 8.12. The lowest BCUT2D eigenvalue weighted by atomic mass is 9.51. The molecule has 1 aromatic rings. The van der Waals surface area contributed by atoms with E-state index in [2.05, 4.69) is 24.0 Å². The van der Waals surface area contributed by atoms with Crippen molar-refractivity contribution in [1.29, 1.82) is 0 Å². The molecule has 1 saturated heterocycles. The fourth-order valence-corrected chi connectivity index (χ4v) is 6.38. The van der Waals surface area contributed by atoms with E-state index in [1.165, 1.54) is 43.5 Å². The molecule has 2 heterocycles. The highest BCUT2D eigenvalue weighted by molar-refractivity contribution is 5.61. The minimum absolute atomic E-state index is 0.129. The van der Waals surface area contributed by atoms with Crippen molar-refractivity contribution in [3.8, 4) is 11.5 Å². The molecule has 0 radical (unpaired) electrons. The van der Waals surface area contributed by atoms with Crippen LogP contribution in [0.1, 0.15) is 43.7 Å². The zero-order valence-corrected chi connectivity index (χ0v) is 14.8. The van der Waals surface area contributed by atoms with Gasteiger partial charge in [-0.3, -0.25) is 4.90 Å². The molecule has 5 atom stereocenters. The van der Waals surface area contributed by atoms with Crippen molar-refractivity contribution in [1.82, 2.24) is 4.90 Å². The standard InChI is InChI=1S/C20H28N2O2/c1-3-9-22-10-8-20-13-5-6-14(21)19(20)24-18-16(23-2)7-4-12(17(18)20)11-15(13)22/h4,7,13-15,19H,3,5-6,8-11,21H2,1-2H3/t13-,14+,15+,19-,20-/m0/s1. The van der Waals surface area contributed by atoms with Gasteiger partial charge in [0.1, 0.15) is 6.10 Å². The third kappa shape index (κ3) is 1.66. The van der Waals surface area contributed by atoms with Gasteiger partial charge in [-0.1, -0.05) is 13.0 Å². The van der Waals surface area contributed by atoms with Crippen LogP contribution in [0.3, 0.4) is 0 Å². The van der Waals surface area contributed by atoms with E-state index < -0.39 is 0 Å². The van der Waals surface area contributed by atoms with Crippen LogP contribution in [0.2, 0.25) is 0 Å². The molecular formula is C20H28N2O2. The van der Waals surface area contributed by atoms with Gasteiger partial charge in [-0.2, -0.15) is 0 Å². The Labute approximate surface area is 144 Å². The number of hydrogen-bond acceptors (Lipinski definition) is 4. The average molecular weight is 328 g/mol. The second kappa shape index (κ2) is 5.12. The molecule has 2 fully saturated rings. The van der Waals surface area contributed by atoms with Crippen molar-refractivity contribution < 1.29 is 9.47 Å². The molecule has 4 aliphatic rings. The zero-order chi connectivity index (χ0) is 16.5. The van der Waals surface area contributed by atoms with Gasteiger partial charge in [0.2, 0.25) is 0 Å². The van der Waals surface area contributed by atoms with Gasteiger partial charge < -0.3 is 15.2 Å². The van der Waals surface area contributed by atoms with Crippen LogP contribution in [0, 0.1) is 5.92 Å². The molecule has 4 nitrogen and oxygen atoms in total. The van der Waals surface area contributed by atoms with Gasteiger partial charge in [-0.15, -0.1) is 0 Å². The highest BCUT2D eigenvalue weighted by atomic mass is 16.5. The van der Waals surface area contributed by atoms with E-state index >= 15 is 0 Å². The summed E-state index contributed by atoms with van der Waals surface area (Å²) >= 11 is 0. The summed E-state index contributed by atoms with van der Waals surface area (Å²) in [6.45, 7) is 4.69. The summed E-state index contributed by atoms with van der Waals surface area (Å²) in [5, 5.41) is 0. The van der Waals surface area contributed by atoms with Crippen LogP contribution >= 0.6 is 0 Å². The summed E-state index contributed by atoms with van der Waals surface area (Å²) in [7, 11) is 1.74. The Hall–Kier alpha value is -1.26. The summed E-state index contributed by atoms with van der Waals surface area (Å²) in [5.41, 5.74) is 9.63. The topological polar surface area (TPSA) is 47.7 Å². The lowest BCUT2D eigenvalue weighted by Gasteiger charge is -2.59. The van der Waals surface area contributed by atoms with Gasteiger partial charge in [-0.05, 0) is 62.7 Å². The van der Waals surface area contributed by atoms with Crippen molar-refractivity contribution in [2.75, 3.05) is 20.2 Å². The number of piperidine rings is 1. The van der Waals surface area contributed by atoms with Gasteiger partial charge in [0.15, 0.2) is 11.5 Å². The molecule has 2 aliphatic carbocycles. The Balaban J connectivity index is 1.71. The number of nitrogens with two attached hydrogens (primary N) is 1. The van der Waals surface area contributed by atoms with Crippen molar-refractivity contribution in [2.24, 2.45) is 11.7 Å². The molecule has 2 N–H and O–H groups in total. The highest BCUT2D eigenvalue weighted by Gasteiger charge is 2.65. The maximum atomic E-state index is 6.57. The Bertz CT molecular complexity index is 676. The van der Waals surface area contributed by atoms with Crippen LogP contribution < -0.4 is 15.2 Å². The molecule has 130 valence electrons. The van der Waals surface area contributed by atoms with Crippen molar-refractivity contribution in [2.45, 2.75) is 62.6 Å². The summed E-state index contributed by atoms with van der Waals surface area (Å²) < 4.78 is 12.2. The molecule has 4 heteroatoms. The number of rotatable bonds is 3.